The lowest BCUT2D eigenvalue weighted by Gasteiger charge is -2.17. The van der Waals surface area contributed by atoms with Gasteiger partial charge in [0, 0.05) is 36.3 Å². The summed E-state index contributed by atoms with van der Waals surface area (Å²) in [6.45, 7) is 5.29. The summed E-state index contributed by atoms with van der Waals surface area (Å²) >= 11 is 1.36. The van der Waals surface area contributed by atoms with Crippen molar-refractivity contribution in [3.63, 3.8) is 0 Å². The van der Waals surface area contributed by atoms with Gasteiger partial charge in [-0.2, -0.15) is 5.26 Å². The quantitative estimate of drug-likeness (QED) is 0.490. The second-order valence-electron chi connectivity index (χ2n) is 8.78. The van der Waals surface area contributed by atoms with Crippen molar-refractivity contribution < 1.29 is 9.53 Å². The molecule has 1 unspecified atom stereocenters. The molecule has 4 heterocycles. The van der Waals surface area contributed by atoms with Crippen molar-refractivity contribution in [2.45, 2.75) is 63.4 Å². The van der Waals surface area contributed by atoms with E-state index in [0.29, 0.717) is 24.0 Å². The van der Waals surface area contributed by atoms with Crippen LogP contribution < -0.4 is 5.32 Å². The zero-order valence-corrected chi connectivity index (χ0v) is 20.1. The van der Waals surface area contributed by atoms with Crippen LogP contribution in [0, 0.1) is 25.2 Å². The van der Waals surface area contributed by atoms with Gasteiger partial charge in [-0.05, 0) is 57.2 Å². The molecule has 9 nitrogen and oxygen atoms in total. The molecule has 1 saturated heterocycles. The van der Waals surface area contributed by atoms with Crippen LogP contribution in [-0.2, 0) is 16.1 Å². The van der Waals surface area contributed by atoms with Crippen LogP contribution >= 0.6 is 11.8 Å². The Kier molecular flexibility index (Phi) is 6.39. The minimum atomic E-state index is -0.180. The van der Waals surface area contributed by atoms with Gasteiger partial charge < -0.3 is 14.6 Å². The van der Waals surface area contributed by atoms with E-state index in [1.165, 1.54) is 11.8 Å². The molecule has 5 rings (SSSR count). The van der Waals surface area contributed by atoms with Gasteiger partial charge in [0.05, 0.1) is 24.0 Å². The SMILES string of the molecule is Cc1c(C#N)c(NC(=O)CSc2nnc(-c3cccnc3)n2C2CC2)n(CC2CCCO2)c1C. The first-order valence-electron chi connectivity index (χ1n) is 11.6. The molecule has 0 bridgehead atoms. The smallest absolute Gasteiger partial charge is 0.235 e. The Balaban J connectivity index is 1.33. The fourth-order valence-electron chi connectivity index (χ4n) is 4.38. The van der Waals surface area contributed by atoms with Gasteiger partial charge in [-0.1, -0.05) is 11.8 Å². The molecular weight excluding hydrogens is 450 g/mol. The van der Waals surface area contributed by atoms with E-state index in [0.717, 1.165) is 60.1 Å². The molecule has 2 fully saturated rings. The van der Waals surface area contributed by atoms with Crippen molar-refractivity contribution in [1.82, 2.24) is 24.3 Å². The molecule has 2 aliphatic rings. The predicted octanol–water partition coefficient (Wildman–Crippen LogP) is 3.87. The molecule has 1 N–H and O–H groups in total. The van der Waals surface area contributed by atoms with Gasteiger partial charge in [0.1, 0.15) is 11.9 Å². The zero-order valence-electron chi connectivity index (χ0n) is 19.3. The molecule has 1 saturated carbocycles. The fraction of sp³-hybridized carbons (Fsp3) is 0.458. The van der Waals surface area contributed by atoms with E-state index in [2.05, 4.69) is 31.1 Å². The summed E-state index contributed by atoms with van der Waals surface area (Å²) in [6, 6.07) is 6.47. The van der Waals surface area contributed by atoms with Crippen molar-refractivity contribution in [2.24, 2.45) is 0 Å². The maximum atomic E-state index is 13.0. The lowest BCUT2D eigenvalue weighted by Crippen LogP contribution is -2.22. The van der Waals surface area contributed by atoms with Crippen molar-refractivity contribution >= 4 is 23.5 Å². The fourth-order valence-corrected chi connectivity index (χ4v) is 5.18. The Morgan fingerprint density at radius 2 is 2.18 bits per heavy atom. The Morgan fingerprint density at radius 3 is 2.85 bits per heavy atom. The van der Waals surface area contributed by atoms with Crippen molar-refractivity contribution in [1.29, 1.82) is 5.26 Å². The summed E-state index contributed by atoms with van der Waals surface area (Å²) in [5, 5.41) is 22.2. The largest absolute Gasteiger partial charge is 0.376 e. The molecule has 3 aromatic rings. The maximum absolute atomic E-state index is 13.0. The summed E-state index contributed by atoms with van der Waals surface area (Å²) < 4.78 is 9.93. The summed E-state index contributed by atoms with van der Waals surface area (Å²) in [5.41, 5.74) is 3.28. The predicted molar refractivity (Wildman–Crippen MR) is 128 cm³/mol. The highest BCUT2D eigenvalue weighted by Gasteiger charge is 2.31. The van der Waals surface area contributed by atoms with Crippen LogP contribution in [0.25, 0.3) is 11.4 Å². The first-order valence-corrected chi connectivity index (χ1v) is 12.5. The lowest BCUT2D eigenvalue weighted by atomic mass is 10.2. The molecule has 3 aromatic heterocycles. The number of aromatic nitrogens is 5. The van der Waals surface area contributed by atoms with E-state index < -0.39 is 0 Å². The number of thioether (sulfide) groups is 1. The third-order valence-electron chi connectivity index (χ3n) is 6.44. The van der Waals surface area contributed by atoms with Crippen molar-refractivity contribution in [3.8, 4) is 17.5 Å². The van der Waals surface area contributed by atoms with E-state index in [9.17, 15) is 10.1 Å². The molecule has 0 spiro atoms. The van der Waals surface area contributed by atoms with Gasteiger partial charge in [0.15, 0.2) is 11.0 Å². The molecule has 0 aromatic carbocycles. The number of nitrogens with zero attached hydrogens (tertiary/aromatic N) is 6. The minimum absolute atomic E-state index is 0.102. The number of nitriles is 1. The van der Waals surface area contributed by atoms with Crippen LogP contribution in [0.4, 0.5) is 5.82 Å². The highest BCUT2D eigenvalue weighted by molar-refractivity contribution is 7.99. The van der Waals surface area contributed by atoms with Gasteiger partial charge in [-0.3, -0.25) is 14.3 Å². The van der Waals surface area contributed by atoms with E-state index >= 15 is 0 Å². The van der Waals surface area contributed by atoms with Crippen molar-refractivity contribution in [2.75, 3.05) is 17.7 Å². The summed E-state index contributed by atoms with van der Waals surface area (Å²) in [4.78, 5) is 17.2. The number of pyridine rings is 1. The molecule has 1 atom stereocenters. The topological polar surface area (TPSA) is 111 Å². The summed E-state index contributed by atoms with van der Waals surface area (Å²) in [6.07, 6.45) is 7.78. The zero-order chi connectivity index (χ0) is 23.7. The van der Waals surface area contributed by atoms with Crippen LogP contribution in [0.2, 0.25) is 0 Å². The number of ether oxygens (including phenoxy) is 1. The van der Waals surface area contributed by atoms with Crippen LogP contribution in [0.15, 0.2) is 29.7 Å². The average Bonchev–Trinajstić information content (AvgIpc) is 3.30. The highest BCUT2D eigenvalue weighted by Crippen LogP contribution is 2.41. The van der Waals surface area contributed by atoms with E-state index in [1.807, 2.05) is 30.5 Å². The average molecular weight is 478 g/mol. The Bertz CT molecular complexity index is 1230. The summed E-state index contributed by atoms with van der Waals surface area (Å²) in [5.74, 6) is 1.33. The second-order valence-corrected chi connectivity index (χ2v) is 9.72. The second kappa shape index (κ2) is 9.60. The number of rotatable bonds is 8. The molecule has 34 heavy (non-hydrogen) atoms. The highest BCUT2D eigenvalue weighted by atomic mass is 32.2. The lowest BCUT2D eigenvalue weighted by molar-refractivity contribution is -0.113. The third-order valence-corrected chi connectivity index (χ3v) is 7.38. The standard InChI is InChI=1S/C24H27N7O2S/c1-15-16(2)30(13-19-6-4-10-33-19)23(20(15)11-25)27-21(32)14-34-24-29-28-22(31(24)18-7-8-18)17-5-3-9-26-12-17/h3,5,9,12,18-19H,4,6-8,10,13-14H2,1-2H3,(H,27,32). The first-order chi connectivity index (χ1) is 16.6. The minimum Gasteiger partial charge on any atom is -0.376 e. The van der Waals surface area contributed by atoms with Gasteiger partial charge >= 0.3 is 0 Å². The normalized spacial score (nSPS) is 17.6. The van der Waals surface area contributed by atoms with Gasteiger partial charge in [-0.15, -0.1) is 10.2 Å². The number of carbonyl (C=O) groups is 1. The number of amides is 1. The van der Waals surface area contributed by atoms with Crippen LogP contribution in [0.3, 0.4) is 0 Å². The number of hydrogen-bond acceptors (Lipinski definition) is 7. The third kappa shape index (κ3) is 4.45. The van der Waals surface area contributed by atoms with E-state index in [-0.39, 0.29) is 17.8 Å². The first kappa shape index (κ1) is 22.6. The van der Waals surface area contributed by atoms with Crippen LogP contribution in [0.1, 0.15) is 48.5 Å². The maximum Gasteiger partial charge on any atom is 0.235 e. The molecule has 10 heteroatoms. The van der Waals surface area contributed by atoms with E-state index in [1.54, 1.807) is 12.4 Å². The van der Waals surface area contributed by atoms with Gasteiger partial charge in [0.2, 0.25) is 5.91 Å². The molecule has 0 radical (unpaired) electrons. The van der Waals surface area contributed by atoms with Crippen LogP contribution in [-0.4, -0.2) is 48.7 Å². The van der Waals surface area contributed by atoms with Crippen LogP contribution in [0.5, 0.6) is 0 Å². The van der Waals surface area contributed by atoms with Gasteiger partial charge in [-0.25, -0.2) is 0 Å². The molecule has 1 aliphatic carbocycles. The Morgan fingerprint density at radius 1 is 1.32 bits per heavy atom. The molecule has 1 amide bonds. The van der Waals surface area contributed by atoms with E-state index in [4.69, 9.17) is 4.74 Å². The molecular formula is C24H27N7O2S. The number of anilines is 1. The van der Waals surface area contributed by atoms with Gasteiger partial charge in [0.25, 0.3) is 0 Å². The number of hydrogen-bond donors (Lipinski definition) is 1. The Labute approximate surface area is 202 Å². The van der Waals surface area contributed by atoms with Crippen molar-refractivity contribution in [3.05, 3.63) is 41.3 Å². The number of carbonyl (C=O) groups excluding carboxylic acids is 1. The monoisotopic (exact) mass is 477 g/mol. The number of nitrogens with one attached hydrogen (secondary N) is 1. The Hall–Kier alpha value is -3.16. The molecule has 1 aliphatic heterocycles. The summed E-state index contributed by atoms with van der Waals surface area (Å²) in [7, 11) is 0. The molecule has 176 valence electrons.